The topological polar surface area (TPSA) is 97.6 Å². The van der Waals surface area contributed by atoms with Crippen LogP contribution in [0.1, 0.15) is 35.2 Å². The molecule has 2 heterocycles. The fraction of sp³-hybridized carbons (Fsp3) is 0.429. The zero-order valence-corrected chi connectivity index (χ0v) is 19.0. The van der Waals surface area contributed by atoms with Crippen LogP contribution in [0.4, 0.5) is 4.79 Å². The Hall–Kier alpha value is -2.07. The van der Waals surface area contributed by atoms with Gasteiger partial charge in [-0.25, -0.2) is 4.79 Å². The predicted octanol–water partition coefficient (Wildman–Crippen LogP) is 3.76. The lowest BCUT2D eigenvalue weighted by Crippen LogP contribution is -2.38. The first-order valence-corrected chi connectivity index (χ1v) is 10.7. The van der Waals surface area contributed by atoms with Crippen molar-refractivity contribution in [3.63, 3.8) is 0 Å². The fourth-order valence-electron chi connectivity index (χ4n) is 3.69. The van der Waals surface area contributed by atoms with E-state index >= 15 is 0 Å². The minimum Gasteiger partial charge on any atom is -0.456 e. The van der Waals surface area contributed by atoms with E-state index in [0.29, 0.717) is 15.9 Å². The first-order valence-electron chi connectivity index (χ1n) is 9.58. The summed E-state index contributed by atoms with van der Waals surface area (Å²) >= 11 is 2.04. The summed E-state index contributed by atoms with van der Waals surface area (Å²) in [7, 11) is 0. The highest BCUT2D eigenvalue weighted by atomic mass is 127. The Morgan fingerprint density at radius 2 is 1.83 bits per heavy atom. The van der Waals surface area contributed by atoms with Crippen molar-refractivity contribution in [1.82, 2.24) is 9.88 Å². The maximum absolute atomic E-state index is 12.4. The Bertz CT molecular complexity index is 945. The highest BCUT2D eigenvalue weighted by Crippen LogP contribution is 2.32. The number of amides is 1. The molecule has 0 radical (unpaired) electrons. The van der Waals surface area contributed by atoms with Gasteiger partial charge in [-0.15, -0.1) is 0 Å². The van der Waals surface area contributed by atoms with Crippen LogP contribution < -0.4 is 16.0 Å². The van der Waals surface area contributed by atoms with Crippen LogP contribution >= 0.6 is 22.6 Å². The molecule has 2 aromatic rings. The SMILES string of the molecule is Cc1cc(C)cc(Oc2c(CN3CCC(OC(N)=O)CC3)c(C)[nH]c(=O)c2I)c1. The second-order valence-electron chi connectivity index (χ2n) is 7.54. The van der Waals surface area contributed by atoms with Crippen LogP contribution in [0, 0.1) is 24.3 Å². The number of hydrogen-bond acceptors (Lipinski definition) is 5. The number of piperidine rings is 1. The molecule has 3 rings (SSSR count). The van der Waals surface area contributed by atoms with Gasteiger partial charge in [0.2, 0.25) is 0 Å². The summed E-state index contributed by atoms with van der Waals surface area (Å²) in [6.07, 6.45) is 0.607. The molecule has 3 N–H and O–H groups in total. The van der Waals surface area contributed by atoms with E-state index in [9.17, 15) is 9.59 Å². The fourth-order valence-corrected chi connectivity index (χ4v) is 4.26. The summed E-state index contributed by atoms with van der Waals surface area (Å²) in [4.78, 5) is 28.5. The van der Waals surface area contributed by atoms with Crippen molar-refractivity contribution in [1.29, 1.82) is 0 Å². The van der Waals surface area contributed by atoms with E-state index in [1.54, 1.807) is 0 Å². The Morgan fingerprint density at radius 1 is 1.21 bits per heavy atom. The van der Waals surface area contributed by atoms with E-state index in [-0.39, 0.29) is 11.7 Å². The number of nitrogens with one attached hydrogen (secondary N) is 1. The number of aromatic amines is 1. The number of rotatable bonds is 5. The Morgan fingerprint density at radius 3 is 2.41 bits per heavy atom. The third kappa shape index (κ3) is 5.51. The first-order chi connectivity index (χ1) is 13.7. The zero-order valence-electron chi connectivity index (χ0n) is 16.9. The number of nitrogens with zero attached hydrogens (tertiary/aromatic N) is 1. The van der Waals surface area contributed by atoms with Crippen molar-refractivity contribution in [2.45, 2.75) is 46.3 Å². The van der Waals surface area contributed by atoms with E-state index < -0.39 is 6.09 Å². The van der Waals surface area contributed by atoms with Crippen molar-refractivity contribution < 1.29 is 14.3 Å². The predicted molar refractivity (Wildman–Crippen MR) is 119 cm³/mol. The number of halogens is 1. The van der Waals surface area contributed by atoms with Gasteiger partial charge in [0.05, 0.1) is 0 Å². The minimum absolute atomic E-state index is 0.133. The van der Waals surface area contributed by atoms with Gasteiger partial charge in [0.15, 0.2) is 5.75 Å². The average Bonchev–Trinajstić information content (AvgIpc) is 2.63. The number of benzene rings is 1. The van der Waals surface area contributed by atoms with Gasteiger partial charge in [-0.3, -0.25) is 9.69 Å². The highest BCUT2D eigenvalue weighted by molar-refractivity contribution is 14.1. The van der Waals surface area contributed by atoms with Gasteiger partial charge in [-0.1, -0.05) is 6.07 Å². The summed E-state index contributed by atoms with van der Waals surface area (Å²) in [6.45, 7) is 8.12. The lowest BCUT2D eigenvalue weighted by Gasteiger charge is -2.32. The summed E-state index contributed by atoms with van der Waals surface area (Å²) in [6, 6.07) is 6.02. The molecule has 0 bridgehead atoms. The van der Waals surface area contributed by atoms with Crippen LogP contribution in [0.2, 0.25) is 0 Å². The van der Waals surface area contributed by atoms with Gasteiger partial charge in [-0.2, -0.15) is 0 Å². The molecule has 1 amide bonds. The van der Waals surface area contributed by atoms with E-state index in [1.165, 1.54) is 0 Å². The van der Waals surface area contributed by atoms with Crippen LogP contribution in [0.25, 0.3) is 0 Å². The van der Waals surface area contributed by atoms with Crippen LogP contribution in [0.15, 0.2) is 23.0 Å². The molecule has 1 aliphatic heterocycles. The second kappa shape index (κ2) is 9.17. The summed E-state index contributed by atoms with van der Waals surface area (Å²) in [5.41, 5.74) is 8.94. The number of pyridine rings is 1. The Kier molecular flexibility index (Phi) is 6.84. The van der Waals surface area contributed by atoms with Crippen LogP contribution in [-0.4, -0.2) is 35.2 Å². The Labute approximate surface area is 183 Å². The highest BCUT2D eigenvalue weighted by Gasteiger charge is 2.24. The molecule has 0 aliphatic carbocycles. The lowest BCUT2D eigenvalue weighted by molar-refractivity contribution is 0.0538. The monoisotopic (exact) mass is 511 g/mol. The number of aryl methyl sites for hydroxylation is 3. The summed E-state index contributed by atoms with van der Waals surface area (Å²) in [5, 5.41) is 0. The Balaban J connectivity index is 1.84. The maximum Gasteiger partial charge on any atom is 0.404 e. The first kappa shape index (κ1) is 21.6. The second-order valence-corrected chi connectivity index (χ2v) is 8.62. The van der Waals surface area contributed by atoms with Gasteiger partial charge in [0, 0.05) is 30.9 Å². The number of likely N-dealkylation sites (tertiary alicyclic amines) is 1. The quantitative estimate of drug-likeness (QED) is 0.596. The molecule has 0 saturated carbocycles. The number of primary amides is 1. The smallest absolute Gasteiger partial charge is 0.404 e. The minimum atomic E-state index is -0.724. The standard InChI is InChI=1S/C21H26IN3O4/c1-12-8-13(2)10-16(9-12)28-19-17(14(3)24-20(26)18(19)22)11-25-6-4-15(5-7-25)29-21(23)27/h8-10,15H,4-7,11H2,1-3H3,(H2,23,27)(H,24,26). The molecule has 7 nitrogen and oxygen atoms in total. The molecule has 1 aromatic carbocycles. The number of ether oxygens (including phenoxy) is 2. The zero-order chi connectivity index (χ0) is 21.1. The molecule has 1 fully saturated rings. The van der Waals surface area contributed by atoms with Crippen molar-refractivity contribution >= 4 is 28.7 Å². The van der Waals surface area contributed by atoms with Gasteiger partial charge >= 0.3 is 6.09 Å². The normalized spacial score (nSPS) is 15.3. The molecule has 0 unspecified atom stereocenters. The molecular weight excluding hydrogens is 485 g/mol. The van der Waals surface area contributed by atoms with Crippen LogP contribution in [0.3, 0.4) is 0 Å². The molecule has 0 spiro atoms. The van der Waals surface area contributed by atoms with Gasteiger partial charge < -0.3 is 20.2 Å². The van der Waals surface area contributed by atoms with Crippen molar-refractivity contribution in [3.05, 3.63) is 54.5 Å². The summed E-state index contributed by atoms with van der Waals surface area (Å²) < 4.78 is 11.9. The third-order valence-corrected chi connectivity index (χ3v) is 6.02. The summed E-state index contributed by atoms with van der Waals surface area (Å²) in [5.74, 6) is 1.33. The molecule has 8 heteroatoms. The number of nitrogens with two attached hydrogens (primary N) is 1. The number of carbonyl (C=O) groups excluding carboxylic acids is 1. The van der Waals surface area contributed by atoms with Crippen molar-refractivity contribution in [2.24, 2.45) is 5.73 Å². The van der Waals surface area contributed by atoms with E-state index in [0.717, 1.165) is 54.1 Å². The molecule has 1 aromatic heterocycles. The van der Waals surface area contributed by atoms with Crippen LogP contribution in [-0.2, 0) is 11.3 Å². The molecule has 1 aliphatic rings. The number of aromatic nitrogens is 1. The van der Waals surface area contributed by atoms with Crippen LogP contribution in [0.5, 0.6) is 11.5 Å². The van der Waals surface area contributed by atoms with Crippen molar-refractivity contribution in [3.8, 4) is 11.5 Å². The lowest BCUT2D eigenvalue weighted by atomic mass is 10.1. The average molecular weight is 511 g/mol. The van der Waals surface area contributed by atoms with Crippen molar-refractivity contribution in [2.75, 3.05) is 13.1 Å². The largest absolute Gasteiger partial charge is 0.456 e. The molecule has 156 valence electrons. The molecule has 29 heavy (non-hydrogen) atoms. The van der Waals surface area contributed by atoms with E-state index in [1.807, 2.05) is 55.5 Å². The number of H-pyrrole nitrogens is 1. The molecular formula is C21H26IN3O4. The third-order valence-electron chi connectivity index (χ3n) is 5.04. The van der Waals surface area contributed by atoms with Gasteiger partial charge in [-0.05, 0) is 79.5 Å². The maximum atomic E-state index is 12.4. The van der Waals surface area contributed by atoms with E-state index in [2.05, 4.69) is 16.0 Å². The van der Waals surface area contributed by atoms with Gasteiger partial charge in [0.1, 0.15) is 15.4 Å². The number of carbonyl (C=O) groups is 1. The molecule has 0 atom stereocenters. The van der Waals surface area contributed by atoms with Gasteiger partial charge in [0.25, 0.3) is 5.56 Å². The van der Waals surface area contributed by atoms with E-state index in [4.69, 9.17) is 15.2 Å². The number of hydrogen-bond donors (Lipinski definition) is 2. The molecule has 1 saturated heterocycles.